The van der Waals surface area contributed by atoms with Gasteiger partial charge in [0, 0.05) is 25.3 Å². The van der Waals surface area contributed by atoms with Crippen molar-refractivity contribution >= 4 is 39.1 Å². The van der Waals surface area contributed by atoms with Crippen LogP contribution in [0.5, 0.6) is 0 Å². The minimum atomic E-state index is -0.155. The summed E-state index contributed by atoms with van der Waals surface area (Å²) < 4.78 is 1.17. The first-order valence-corrected chi connectivity index (χ1v) is 9.79. The number of aromatic nitrogens is 1. The maximum absolute atomic E-state index is 12.2. The first-order chi connectivity index (χ1) is 13.3. The molecule has 0 fully saturated rings. The molecule has 0 saturated heterocycles. The second kappa shape index (κ2) is 8.50. The monoisotopic (exact) mass is 396 g/mol. The number of nitrogens with zero attached hydrogens (tertiary/aromatic N) is 3. The fraction of sp³-hybridized carbons (Fsp3) is 0.286. The number of benzene rings is 2. The van der Waals surface area contributed by atoms with Gasteiger partial charge in [-0.25, -0.2) is 4.98 Å². The van der Waals surface area contributed by atoms with E-state index < -0.39 is 0 Å². The molecule has 28 heavy (non-hydrogen) atoms. The van der Waals surface area contributed by atoms with Crippen molar-refractivity contribution in [3.05, 3.63) is 48.0 Å². The fourth-order valence-corrected chi connectivity index (χ4v) is 3.79. The molecule has 0 atom stereocenters. The number of hydrogen-bond donors (Lipinski definition) is 1. The topological polar surface area (TPSA) is 65.5 Å². The van der Waals surface area contributed by atoms with Gasteiger partial charge < -0.3 is 10.2 Å². The lowest BCUT2D eigenvalue weighted by Gasteiger charge is -2.18. The highest BCUT2D eigenvalue weighted by Gasteiger charge is 2.12. The molecule has 1 heterocycles. The molecular weight excluding hydrogens is 372 g/mol. The zero-order valence-electron chi connectivity index (χ0n) is 16.5. The van der Waals surface area contributed by atoms with Crippen molar-refractivity contribution in [2.24, 2.45) is 0 Å². The Morgan fingerprint density at radius 2 is 1.75 bits per heavy atom. The number of hydrogen-bond acceptors (Lipinski definition) is 5. The number of fused-ring (bicyclic) bond motifs is 1. The third kappa shape index (κ3) is 4.94. The number of carbonyl (C=O) groups is 2. The second-order valence-corrected chi connectivity index (χ2v) is 8.11. The number of likely N-dealkylation sites (N-methyl/N-ethyl adjacent to an activating group) is 2. The van der Waals surface area contributed by atoms with Gasteiger partial charge in [-0.15, -0.1) is 11.3 Å². The van der Waals surface area contributed by atoms with Crippen LogP contribution in [0.4, 0.5) is 5.69 Å². The summed E-state index contributed by atoms with van der Waals surface area (Å²) in [6, 6.07) is 13.9. The summed E-state index contributed by atoms with van der Waals surface area (Å²) in [7, 11) is 5.15. The summed E-state index contributed by atoms with van der Waals surface area (Å²) in [5, 5.41) is 3.82. The predicted molar refractivity (Wildman–Crippen MR) is 115 cm³/mol. The van der Waals surface area contributed by atoms with E-state index in [0.29, 0.717) is 0 Å². The van der Waals surface area contributed by atoms with Crippen molar-refractivity contribution in [3.63, 3.8) is 0 Å². The number of rotatable bonds is 6. The zero-order valence-corrected chi connectivity index (χ0v) is 17.3. The SMILES string of the molecule is Cc1ccc2nc(-c3ccc(NC(=O)CN(C)CC(=O)N(C)C)cc3)sc2c1. The molecule has 1 N–H and O–H groups in total. The molecule has 0 radical (unpaired) electrons. The third-order valence-corrected chi connectivity index (χ3v) is 5.34. The minimum Gasteiger partial charge on any atom is -0.348 e. The smallest absolute Gasteiger partial charge is 0.238 e. The lowest BCUT2D eigenvalue weighted by Crippen LogP contribution is -2.38. The molecule has 0 saturated carbocycles. The van der Waals surface area contributed by atoms with Gasteiger partial charge in [0.2, 0.25) is 11.8 Å². The molecule has 2 amide bonds. The molecule has 0 aliphatic carbocycles. The van der Waals surface area contributed by atoms with Gasteiger partial charge in [-0.2, -0.15) is 0 Å². The molecule has 0 bridgehead atoms. The summed E-state index contributed by atoms with van der Waals surface area (Å²) >= 11 is 1.66. The molecule has 0 aliphatic rings. The van der Waals surface area contributed by atoms with Crippen molar-refractivity contribution in [2.45, 2.75) is 6.92 Å². The van der Waals surface area contributed by atoms with Crippen LogP contribution in [0.1, 0.15) is 5.56 Å². The van der Waals surface area contributed by atoms with E-state index in [1.807, 2.05) is 30.3 Å². The number of amides is 2. The lowest BCUT2D eigenvalue weighted by atomic mass is 10.2. The van der Waals surface area contributed by atoms with Gasteiger partial charge in [0.05, 0.1) is 23.3 Å². The van der Waals surface area contributed by atoms with Crippen LogP contribution < -0.4 is 5.32 Å². The molecule has 2 aromatic carbocycles. The van der Waals surface area contributed by atoms with Gasteiger partial charge in [-0.05, 0) is 55.9 Å². The molecule has 146 valence electrons. The largest absolute Gasteiger partial charge is 0.348 e. The quantitative estimate of drug-likeness (QED) is 0.695. The van der Waals surface area contributed by atoms with Crippen LogP contribution in [0.2, 0.25) is 0 Å². The van der Waals surface area contributed by atoms with Crippen LogP contribution in [-0.4, -0.2) is 60.8 Å². The van der Waals surface area contributed by atoms with E-state index in [2.05, 4.69) is 29.4 Å². The predicted octanol–water partition coefficient (Wildman–Crippen LogP) is 3.23. The third-order valence-electron chi connectivity index (χ3n) is 4.28. The Labute approximate surface area is 168 Å². The van der Waals surface area contributed by atoms with Crippen molar-refractivity contribution in [1.82, 2.24) is 14.8 Å². The van der Waals surface area contributed by atoms with Crippen LogP contribution >= 0.6 is 11.3 Å². The van der Waals surface area contributed by atoms with Crippen molar-refractivity contribution < 1.29 is 9.59 Å². The van der Waals surface area contributed by atoms with Gasteiger partial charge in [-0.1, -0.05) is 6.07 Å². The molecular formula is C21H24N4O2S. The van der Waals surface area contributed by atoms with Crippen molar-refractivity contribution in [2.75, 3.05) is 39.5 Å². The summed E-state index contributed by atoms with van der Waals surface area (Å²) in [5.74, 6) is -0.192. The van der Waals surface area contributed by atoms with Crippen LogP contribution in [0.15, 0.2) is 42.5 Å². The van der Waals surface area contributed by atoms with Gasteiger partial charge in [0.25, 0.3) is 0 Å². The van der Waals surface area contributed by atoms with Gasteiger partial charge >= 0.3 is 0 Å². The number of anilines is 1. The van der Waals surface area contributed by atoms with Crippen LogP contribution in [0.25, 0.3) is 20.8 Å². The van der Waals surface area contributed by atoms with Crippen molar-refractivity contribution in [1.29, 1.82) is 0 Å². The standard InChI is InChI=1S/C21H24N4O2S/c1-14-5-10-17-18(11-14)28-21(23-17)15-6-8-16(9-7-15)22-19(26)12-25(4)13-20(27)24(2)3/h5-11H,12-13H2,1-4H3,(H,22,26). The molecule has 0 aliphatic heterocycles. The van der Waals surface area contributed by atoms with Gasteiger partial charge in [0.1, 0.15) is 5.01 Å². The Kier molecular flexibility index (Phi) is 6.06. The molecule has 1 aromatic heterocycles. The van der Waals surface area contributed by atoms with Crippen LogP contribution in [0.3, 0.4) is 0 Å². The first kappa shape index (κ1) is 20.0. The Morgan fingerprint density at radius 3 is 2.43 bits per heavy atom. The van der Waals surface area contributed by atoms with E-state index in [4.69, 9.17) is 0 Å². The van der Waals surface area contributed by atoms with Crippen LogP contribution in [-0.2, 0) is 9.59 Å². The average Bonchev–Trinajstić information content (AvgIpc) is 3.05. The van der Waals surface area contributed by atoms with E-state index >= 15 is 0 Å². The number of nitrogens with one attached hydrogen (secondary N) is 1. The van der Waals surface area contributed by atoms with Crippen LogP contribution in [0, 0.1) is 6.92 Å². The van der Waals surface area contributed by atoms with Gasteiger partial charge in [-0.3, -0.25) is 14.5 Å². The normalized spacial score (nSPS) is 11.0. The highest BCUT2D eigenvalue weighted by Crippen LogP contribution is 2.31. The Bertz CT molecular complexity index is 995. The maximum atomic E-state index is 12.2. The van der Waals surface area contributed by atoms with E-state index in [-0.39, 0.29) is 24.9 Å². The summed E-state index contributed by atoms with van der Waals surface area (Å²) in [6.07, 6.45) is 0. The summed E-state index contributed by atoms with van der Waals surface area (Å²) in [5.41, 5.74) is 3.96. The zero-order chi connectivity index (χ0) is 20.3. The molecule has 3 rings (SSSR count). The fourth-order valence-electron chi connectivity index (χ4n) is 2.73. The number of carbonyl (C=O) groups excluding carboxylic acids is 2. The highest BCUT2D eigenvalue weighted by atomic mass is 32.1. The van der Waals surface area contributed by atoms with E-state index in [0.717, 1.165) is 21.8 Å². The Balaban J connectivity index is 1.62. The Hall–Kier alpha value is -2.77. The van der Waals surface area contributed by atoms with Crippen molar-refractivity contribution in [3.8, 4) is 10.6 Å². The van der Waals surface area contributed by atoms with Gasteiger partial charge in [0.15, 0.2) is 0 Å². The second-order valence-electron chi connectivity index (χ2n) is 7.08. The molecule has 7 heteroatoms. The molecule has 0 spiro atoms. The minimum absolute atomic E-state index is 0.0364. The molecule has 3 aromatic rings. The number of aryl methyl sites for hydroxylation is 1. The highest BCUT2D eigenvalue weighted by molar-refractivity contribution is 7.21. The molecule has 6 nitrogen and oxygen atoms in total. The summed E-state index contributed by atoms with van der Waals surface area (Å²) in [6.45, 7) is 2.43. The Morgan fingerprint density at radius 1 is 1.04 bits per heavy atom. The van der Waals surface area contributed by atoms with E-state index in [9.17, 15) is 9.59 Å². The lowest BCUT2D eigenvalue weighted by molar-refractivity contribution is -0.130. The first-order valence-electron chi connectivity index (χ1n) is 8.98. The molecule has 0 unspecified atom stereocenters. The van der Waals surface area contributed by atoms with E-state index in [1.165, 1.54) is 15.2 Å². The van der Waals surface area contributed by atoms with E-state index in [1.54, 1.807) is 37.4 Å². The maximum Gasteiger partial charge on any atom is 0.238 e. The number of thiazole rings is 1. The summed E-state index contributed by atoms with van der Waals surface area (Å²) in [4.78, 5) is 31.8. The average molecular weight is 397 g/mol.